The first kappa shape index (κ1) is 15.6. The minimum Gasteiger partial charge on any atom is -0.482 e. The summed E-state index contributed by atoms with van der Waals surface area (Å²) in [5, 5.41) is 7.06. The number of rotatable bonds is 4. The monoisotopic (exact) mass is 342 g/mol. The van der Waals surface area contributed by atoms with E-state index < -0.39 is 0 Å². The molecule has 1 N–H and O–H groups in total. The summed E-state index contributed by atoms with van der Waals surface area (Å²) in [5.41, 5.74) is 1.72. The molecule has 0 radical (unpaired) electrons. The van der Waals surface area contributed by atoms with E-state index in [0.717, 1.165) is 0 Å². The summed E-state index contributed by atoms with van der Waals surface area (Å²) >= 11 is 0. The van der Waals surface area contributed by atoms with Crippen molar-refractivity contribution in [3.05, 3.63) is 36.5 Å². The lowest BCUT2D eigenvalue weighted by Crippen LogP contribution is -2.45. The number of nitrogens with one attached hydrogen (secondary N) is 1. The second-order valence-corrected chi connectivity index (χ2v) is 6.01. The van der Waals surface area contributed by atoms with E-state index in [9.17, 15) is 4.79 Å². The number of amides is 1. The fourth-order valence-corrected chi connectivity index (χ4v) is 2.88. The largest absolute Gasteiger partial charge is 0.482 e. The summed E-state index contributed by atoms with van der Waals surface area (Å²) in [6, 6.07) is 1.41. The Morgan fingerprint density at radius 2 is 2.24 bits per heavy atom. The first-order chi connectivity index (χ1) is 12.1. The van der Waals surface area contributed by atoms with Crippen molar-refractivity contribution in [1.82, 2.24) is 29.6 Å². The van der Waals surface area contributed by atoms with Gasteiger partial charge >= 0.3 is 0 Å². The van der Waals surface area contributed by atoms with Gasteiger partial charge in [0, 0.05) is 20.3 Å². The van der Waals surface area contributed by atoms with Crippen molar-refractivity contribution in [2.45, 2.75) is 12.1 Å². The van der Waals surface area contributed by atoms with E-state index in [2.05, 4.69) is 20.4 Å². The molecule has 3 aromatic heterocycles. The highest BCUT2D eigenvalue weighted by molar-refractivity contribution is 6.04. The van der Waals surface area contributed by atoms with Crippen molar-refractivity contribution in [3.8, 4) is 5.75 Å². The Balaban J connectivity index is 1.51. The van der Waals surface area contributed by atoms with Gasteiger partial charge in [-0.05, 0) is 6.07 Å². The maximum atomic E-state index is 12.7. The van der Waals surface area contributed by atoms with Gasteiger partial charge in [0.2, 0.25) is 0 Å². The van der Waals surface area contributed by atoms with Gasteiger partial charge in [-0.25, -0.2) is 9.97 Å². The van der Waals surface area contributed by atoms with E-state index in [4.69, 9.17) is 9.47 Å². The molecule has 4 rings (SSSR count). The number of nitrogens with zero attached hydrogens (tertiary/aromatic N) is 5. The van der Waals surface area contributed by atoms with Crippen LogP contribution in [0.25, 0.3) is 11.2 Å². The van der Waals surface area contributed by atoms with Crippen LogP contribution in [0.15, 0.2) is 31.0 Å². The number of pyridine rings is 1. The topological polar surface area (TPSA) is 96.1 Å². The first-order valence-electron chi connectivity index (χ1n) is 7.92. The number of ether oxygens (including phenoxy) is 2. The lowest BCUT2D eigenvalue weighted by Gasteiger charge is -2.19. The lowest BCUT2D eigenvalue weighted by molar-refractivity contribution is 0.0905. The zero-order chi connectivity index (χ0) is 17.4. The van der Waals surface area contributed by atoms with Crippen LogP contribution in [-0.2, 0) is 18.8 Å². The van der Waals surface area contributed by atoms with E-state index in [0.29, 0.717) is 35.7 Å². The molecule has 25 heavy (non-hydrogen) atoms. The van der Waals surface area contributed by atoms with Gasteiger partial charge in [0.25, 0.3) is 5.91 Å². The molecular formula is C16H18N6O3. The van der Waals surface area contributed by atoms with Crippen molar-refractivity contribution >= 4 is 17.1 Å². The van der Waals surface area contributed by atoms with Gasteiger partial charge in [-0.3, -0.25) is 9.48 Å². The van der Waals surface area contributed by atoms with Crippen LogP contribution in [-0.4, -0.2) is 55.6 Å². The highest BCUT2D eigenvalue weighted by Gasteiger charge is 2.32. The molecule has 0 unspecified atom stereocenters. The maximum Gasteiger partial charge on any atom is 0.254 e. The Hall–Kier alpha value is -2.94. The molecule has 3 aromatic rings. The zero-order valence-electron chi connectivity index (χ0n) is 13.9. The number of fused-ring (bicyclic) bond motifs is 1. The predicted octanol–water partition coefficient (Wildman–Crippen LogP) is 0.278. The van der Waals surface area contributed by atoms with Crippen molar-refractivity contribution in [3.63, 3.8) is 0 Å². The Bertz CT molecular complexity index is 918. The summed E-state index contributed by atoms with van der Waals surface area (Å²) in [4.78, 5) is 21.2. The van der Waals surface area contributed by atoms with Crippen LogP contribution in [0.4, 0.5) is 0 Å². The van der Waals surface area contributed by atoms with Crippen LogP contribution in [0.2, 0.25) is 0 Å². The molecule has 1 aliphatic rings. The first-order valence-corrected chi connectivity index (χ1v) is 7.92. The molecule has 130 valence electrons. The molecule has 0 spiro atoms. The summed E-state index contributed by atoms with van der Waals surface area (Å²) in [7, 11) is 3.66. The standard InChI is InChI=1S/C16H18N6O3/c1-21-9-18-14-11(3-4-17-15(14)21)16(23)20-12-7-24-8-13(12)25-10-5-19-22(2)6-10/h3-6,9,12-13H,7-8H2,1-2H3,(H,20,23)/t12-,13+/m0/s1. The summed E-state index contributed by atoms with van der Waals surface area (Å²) < 4.78 is 14.8. The third-order valence-corrected chi connectivity index (χ3v) is 4.16. The van der Waals surface area contributed by atoms with Crippen LogP contribution in [0.5, 0.6) is 5.75 Å². The Kier molecular flexibility index (Phi) is 3.85. The molecule has 4 heterocycles. The molecule has 0 bridgehead atoms. The van der Waals surface area contributed by atoms with Crippen molar-refractivity contribution in [1.29, 1.82) is 0 Å². The second-order valence-electron chi connectivity index (χ2n) is 6.01. The van der Waals surface area contributed by atoms with E-state index in [1.54, 1.807) is 40.2 Å². The van der Waals surface area contributed by atoms with E-state index in [-0.39, 0.29) is 18.1 Å². The number of hydrogen-bond acceptors (Lipinski definition) is 6. The van der Waals surface area contributed by atoms with Gasteiger partial charge in [0.15, 0.2) is 11.4 Å². The molecule has 1 amide bonds. The fraction of sp³-hybridized carbons (Fsp3) is 0.375. The molecule has 0 saturated carbocycles. The summed E-state index contributed by atoms with van der Waals surface area (Å²) in [6.45, 7) is 0.808. The molecule has 1 saturated heterocycles. The van der Waals surface area contributed by atoms with Crippen molar-refractivity contribution in [2.24, 2.45) is 14.1 Å². The minimum atomic E-state index is -0.269. The number of carbonyl (C=O) groups is 1. The van der Waals surface area contributed by atoms with Crippen molar-refractivity contribution in [2.75, 3.05) is 13.2 Å². The molecule has 0 aromatic carbocycles. The number of aryl methyl sites for hydroxylation is 2. The molecule has 1 fully saturated rings. The maximum absolute atomic E-state index is 12.7. The van der Waals surface area contributed by atoms with Gasteiger partial charge in [0.1, 0.15) is 11.6 Å². The van der Waals surface area contributed by atoms with Crippen LogP contribution in [0.1, 0.15) is 10.4 Å². The quantitative estimate of drug-likeness (QED) is 0.731. The molecule has 9 nitrogen and oxygen atoms in total. The van der Waals surface area contributed by atoms with Crippen LogP contribution >= 0.6 is 0 Å². The van der Waals surface area contributed by atoms with E-state index in [1.807, 2.05) is 14.1 Å². The third-order valence-electron chi connectivity index (χ3n) is 4.16. The fourth-order valence-electron chi connectivity index (χ4n) is 2.88. The average molecular weight is 342 g/mol. The number of aromatic nitrogens is 5. The smallest absolute Gasteiger partial charge is 0.254 e. The number of hydrogen-bond donors (Lipinski definition) is 1. The van der Waals surface area contributed by atoms with E-state index in [1.165, 1.54) is 0 Å². The Labute approximate surface area is 143 Å². The van der Waals surface area contributed by atoms with Gasteiger partial charge in [0.05, 0.1) is 43.5 Å². The van der Waals surface area contributed by atoms with E-state index >= 15 is 0 Å². The molecule has 9 heteroatoms. The van der Waals surface area contributed by atoms with Crippen molar-refractivity contribution < 1.29 is 14.3 Å². The minimum absolute atomic E-state index is 0.221. The summed E-state index contributed by atoms with van der Waals surface area (Å²) in [5.74, 6) is 0.426. The Morgan fingerprint density at radius 3 is 3.04 bits per heavy atom. The molecule has 1 aliphatic heterocycles. The number of imidazole rings is 1. The normalized spacial score (nSPS) is 20.1. The SMILES string of the molecule is Cn1cc(O[C@@H]2COC[C@@H]2NC(=O)c2ccnc3c2ncn3C)cn1. The highest BCUT2D eigenvalue weighted by atomic mass is 16.5. The van der Waals surface area contributed by atoms with Gasteiger partial charge in [-0.2, -0.15) is 5.10 Å². The van der Waals surface area contributed by atoms with Crippen LogP contribution < -0.4 is 10.1 Å². The van der Waals surface area contributed by atoms with Gasteiger partial charge in [-0.15, -0.1) is 0 Å². The average Bonchev–Trinajstić information content (AvgIpc) is 3.30. The molecule has 2 atom stereocenters. The summed E-state index contributed by atoms with van der Waals surface area (Å²) in [6.07, 6.45) is 6.39. The van der Waals surface area contributed by atoms with Gasteiger partial charge < -0.3 is 19.4 Å². The molecule has 0 aliphatic carbocycles. The second kappa shape index (κ2) is 6.17. The highest BCUT2D eigenvalue weighted by Crippen LogP contribution is 2.18. The Morgan fingerprint density at radius 1 is 1.36 bits per heavy atom. The van der Waals surface area contributed by atoms with Crippen LogP contribution in [0.3, 0.4) is 0 Å². The van der Waals surface area contributed by atoms with Crippen LogP contribution in [0, 0.1) is 0 Å². The number of carbonyl (C=O) groups excluding carboxylic acids is 1. The lowest BCUT2D eigenvalue weighted by atomic mass is 10.1. The zero-order valence-corrected chi connectivity index (χ0v) is 13.9. The third kappa shape index (κ3) is 2.93. The van der Waals surface area contributed by atoms with Gasteiger partial charge in [-0.1, -0.05) is 0 Å². The predicted molar refractivity (Wildman–Crippen MR) is 88.2 cm³/mol. The molecular weight excluding hydrogens is 324 g/mol.